The molecule has 0 radical (unpaired) electrons. The Kier molecular flexibility index (Phi) is 6.25. The summed E-state index contributed by atoms with van der Waals surface area (Å²) in [7, 11) is 0. The van der Waals surface area contributed by atoms with Gasteiger partial charge in [-0.3, -0.25) is 0 Å². The average Bonchev–Trinajstić information content (AvgIpc) is 3.57. The maximum atomic E-state index is 6.61. The number of furan rings is 1. The molecule has 10 aromatic rings. The van der Waals surface area contributed by atoms with Crippen molar-refractivity contribution >= 4 is 54.3 Å². The van der Waals surface area contributed by atoms with Gasteiger partial charge in [-0.25, -0.2) is 0 Å². The van der Waals surface area contributed by atoms with Gasteiger partial charge in [-0.15, -0.1) is 0 Å². The van der Waals surface area contributed by atoms with Crippen LogP contribution >= 0.6 is 0 Å². The number of fused-ring (bicyclic) bond motifs is 7. The van der Waals surface area contributed by atoms with E-state index in [1.165, 1.54) is 71.1 Å². The first kappa shape index (κ1) is 27.7. The summed E-state index contributed by atoms with van der Waals surface area (Å²) in [5, 5.41) is 9.77. The normalized spacial score (nSPS) is 11.7. The van der Waals surface area contributed by atoms with Crippen molar-refractivity contribution in [1.29, 1.82) is 0 Å². The molecule has 0 saturated carbocycles. The Bertz CT molecular complexity index is 2860. The summed E-state index contributed by atoms with van der Waals surface area (Å²) in [6, 6.07) is 65.7. The quantitative estimate of drug-likeness (QED) is 0.178. The van der Waals surface area contributed by atoms with Gasteiger partial charge in [0.25, 0.3) is 0 Å². The van der Waals surface area contributed by atoms with Crippen LogP contribution in [-0.2, 0) is 0 Å². The Labute approximate surface area is 284 Å². The molecule has 1 heterocycles. The molecule has 0 fully saturated rings. The third kappa shape index (κ3) is 4.40. The zero-order valence-electron chi connectivity index (χ0n) is 26.7. The minimum absolute atomic E-state index is 0.913. The Morgan fingerprint density at radius 3 is 1.57 bits per heavy atom. The van der Waals surface area contributed by atoms with Crippen LogP contribution in [0.2, 0.25) is 0 Å². The highest BCUT2D eigenvalue weighted by Gasteiger charge is 2.19. The Morgan fingerprint density at radius 2 is 0.837 bits per heavy atom. The maximum absolute atomic E-state index is 6.61. The summed E-state index contributed by atoms with van der Waals surface area (Å²) in [4.78, 5) is 0. The molecule has 0 atom stereocenters. The maximum Gasteiger partial charge on any atom is 0.143 e. The van der Waals surface area contributed by atoms with Crippen molar-refractivity contribution in [2.45, 2.75) is 0 Å². The summed E-state index contributed by atoms with van der Waals surface area (Å²) < 4.78 is 6.61. The van der Waals surface area contributed by atoms with Crippen molar-refractivity contribution < 1.29 is 4.42 Å². The molecular weight excluding hydrogens is 593 g/mol. The van der Waals surface area contributed by atoms with E-state index in [4.69, 9.17) is 4.42 Å². The van der Waals surface area contributed by atoms with Gasteiger partial charge in [-0.2, -0.15) is 0 Å². The summed E-state index contributed by atoms with van der Waals surface area (Å²) in [6.45, 7) is 0. The predicted octanol–water partition coefficient (Wildman–Crippen LogP) is 13.7. The highest BCUT2D eigenvalue weighted by Crippen LogP contribution is 2.46. The summed E-state index contributed by atoms with van der Waals surface area (Å²) in [6.07, 6.45) is 0. The monoisotopic (exact) mass is 622 g/mol. The van der Waals surface area contributed by atoms with Crippen molar-refractivity contribution in [2.24, 2.45) is 0 Å². The first-order valence-corrected chi connectivity index (χ1v) is 16.8. The van der Waals surface area contributed by atoms with Gasteiger partial charge in [0.05, 0.1) is 0 Å². The molecule has 0 aliphatic rings. The molecule has 1 aromatic heterocycles. The van der Waals surface area contributed by atoms with E-state index in [-0.39, 0.29) is 0 Å². The average molecular weight is 623 g/mol. The second-order valence-corrected chi connectivity index (χ2v) is 12.8. The molecule has 1 heteroatoms. The molecule has 0 unspecified atom stereocenters. The van der Waals surface area contributed by atoms with Crippen LogP contribution in [0.5, 0.6) is 0 Å². The topological polar surface area (TPSA) is 13.1 Å². The van der Waals surface area contributed by atoms with Crippen LogP contribution in [0.4, 0.5) is 0 Å². The first-order valence-electron chi connectivity index (χ1n) is 16.8. The number of hydrogen-bond acceptors (Lipinski definition) is 1. The number of benzene rings is 9. The molecule has 0 N–H and O–H groups in total. The highest BCUT2D eigenvalue weighted by atomic mass is 16.3. The van der Waals surface area contributed by atoms with Gasteiger partial charge in [-0.05, 0) is 95.5 Å². The molecule has 1 nitrogen and oxygen atoms in total. The highest BCUT2D eigenvalue weighted by molar-refractivity contribution is 6.23. The van der Waals surface area contributed by atoms with Crippen LogP contribution in [0.25, 0.3) is 98.8 Å². The Balaban J connectivity index is 1.23. The van der Waals surface area contributed by atoms with Crippen LogP contribution in [0.15, 0.2) is 186 Å². The summed E-state index contributed by atoms with van der Waals surface area (Å²) in [5.41, 5.74) is 11.4. The lowest BCUT2D eigenvalue weighted by Gasteiger charge is -2.19. The second-order valence-electron chi connectivity index (χ2n) is 12.8. The van der Waals surface area contributed by atoms with E-state index in [1.54, 1.807) is 0 Å². The smallest absolute Gasteiger partial charge is 0.143 e. The largest absolute Gasteiger partial charge is 0.455 e. The van der Waals surface area contributed by atoms with Crippen LogP contribution in [0, 0.1) is 0 Å². The van der Waals surface area contributed by atoms with Gasteiger partial charge in [0.1, 0.15) is 11.2 Å². The zero-order valence-corrected chi connectivity index (χ0v) is 26.7. The molecule has 0 amide bonds. The molecule has 10 rings (SSSR count). The third-order valence-corrected chi connectivity index (χ3v) is 10.0. The fourth-order valence-electron chi connectivity index (χ4n) is 7.84. The third-order valence-electron chi connectivity index (χ3n) is 10.0. The number of hydrogen-bond donors (Lipinski definition) is 0. The minimum atomic E-state index is 0.913. The van der Waals surface area contributed by atoms with Gasteiger partial charge >= 0.3 is 0 Å². The Hall–Kier alpha value is -6.44. The lowest BCUT2D eigenvalue weighted by Crippen LogP contribution is -1.91. The number of rotatable bonds is 4. The summed E-state index contributed by atoms with van der Waals surface area (Å²) in [5.74, 6) is 0. The van der Waals surface area contributed by atoms with Crippen LogP contribution in [-0.4, -0.2) is 0 Å². The van der Waals surface area contributed by atoms with E-state index in [0.717, 1.165) is 27.7 Å². The molecule has 0 spiro atoms. The molecule has 49 heavy (non-hydrogen) atoms. The van der Waals surface area contributed by atoms with Gasteiger partial charge < -0.3 is 4.42 Å². The molecule has 0 saturated heterocycles. The van der Waals surface area contributed by atoms with Crippen molar-refractivity contribution in [2.75, 3.05) is 0 Å². The first-order chi connectivity index (χ1) is 24.3. The van der Waals surface area contributed by atoms with Crippen LogP contribution in [0.1, 0.15) is 0 Å². The molecule has 0 bridgehead atoms. The standard InChI is InChI=1S/C48H30O/c1-3-14-31(15-4-1)45-38-22-9-10-23-39(38)46(32-16-5-2-6-17-32)43-29-34(26-27-40(43)45)33-19-13-20-35(28-33)42-30-36-18-7-8-21-37(36)47-41-24-11-12-25-44(41)49-48(42)47/h1-30H. The van der Waals surface area contributed by atoms with Crippen molar-refractivity contribution in [1.82, 2.24) is 0 Å². The fraction of sp³-hybridized carbons (Fsp3) is 0. The second kappa shape index (κ2) is 11.1. The number of para-hydroxylation sites is 1. The lowest BCUT2D eigenvalue weighted by atomic mass is 9.84. The molecule has 0 aliphatic heterocycles. The van der Waals surface area contributed by atoms with Gasteiger partial charge in [0.2, 0.25) is 0 Å². The van der Waals surface area contributed by atoms with E-state index in [1.807, 2.05) is 6.07 Å². The van der Waals surface area contributed by atoms with Crippen LogP contribution < -0.4 is 0 Å². The molecular formula is C48H30O. The van der Waals surface area contributed by atoms with E-state index in [0.29, 0.717) is 0 Å². The minimum Gasteiger partial charge on any atom is -0.455 e. The van der Waals surface area contributed by atoms with Crippen molar-refractivity contribution in [3.05, 3.63) is 182 Å². The van der Waals surface area contributed by atoms with Gasteiger partial charge in [0, 0.05) is 16.3 Å². The summed E-state index contributed by atoms with van der Waals surface area (Å²) >= 11 is 0. The predicted molar refractivity (Wildman–Crippen MR) is 208 cm³/mol. The van der Waals surface area contributed by atoms with E-state index >= 15 is 0 Å². The molecule has 228 valence electrons. The molecule has 0 aliphatic carbocycles. The van der Waals surface area contributed by atoms with E-state index in [9.17, 15) is 0 Å². The van der Waals surface area contributed by atoms with Crippen molar-refractivity contribution in [3.8, 4) is 44.5 Å². The van der Waals surface area contributed by atoms with E-state index in [2.05, 4.69) is 176 Å². The Morgan fingerprint density at radius 1 is 0.306 bits per heavy atom. The fourth-order valence-corrected chi connectivity index (χ4v) is 7.84. The zero-order chi connectivity index (χ0) is 32.3. The van der Waals surface area contributed by atoms with E-state index < -0.39 is 0 Å². The van der Waals surface area contributed by atoms with Gasteiger partial charge in [-0.1, -0.05) is 158 Å². The SMILES string of the molecule is c1ccc(-c2c3ccccc3c(-c3ccccc3)c3cc(-c4cccc(-c5cc6ccccc6c6c5oc5ccccc56)c4)ccc23)cc1. The lowest BCUT2D eigenvalue weighted by molar-refractivity contribution is 0.670. The van der Waals surface area contributed by atoms with Crippen LogP contribution in [0.3, 0.4) is 0 Å². The van der Waals surface area contributed by atoms with Crippen molar-refractivity contribution in [3.63, 3.8) is 0 Å². The molecule has 9 aromatic carbocycles. The van der Waals surface area contributed by atoms with Gasteiger partial charge in [0.15, 0.2) is 0 Å².